The van der Waals surface area contributed by atoms with Crippen LogP contribution >= 0.6 is 0 Å². The summed E-state index contributed by atoms with van der Waals surface area (Å²) in [5, 5.41) is 13.0. The number of hydrogen-bond acceptors (Lipinski definition) is 3. The van der Waals surface area contributed by atoms with Gasteiger partial charge in [-0.3, -0.25) is 4.99 Å². The molecule has 4 nitrogen and oxygen atoms in total. The molecule has 5 heteroatoms. The number of hydrogen-bond donors (Lipinski definition) is 3. The van der Waals surface area contributed by atoms with E-state index in [1.165, 1.54) is 17.7 Å². The fourth-order valence-corrected chi connectivity index (χ4v) is 3.17. The molecule has 24 heavy (non-hydrogen) atoms. The van der Waals surface area contributed by atoms with Gasteiger partial charge in [-0.05, 0) is 35.4 Å². The molecule has 0 aliphatic carbocycles. The summed E-state index contributed by atoms with van der Waals surface area (Å²) < 4.78 is 13.3. The molecule has 0 saturated heterocycles. The van der Waals surface area contributed by atoms with Gasteiger partial charge in [0.05, 0.1) is 12.3 Å². The van der Waals surface area contributed by atoms with E-state index in [0.29, 0.717) is 13.1 Å². The first-order valence-corrected chi connectivity index (χ1v) is 8.02. The highest BCUT2D eigenvalue weighted by atomic mass is 19.1. The van der Waals surface area contributed by atoms with Crippen LogP contribution in [0.3, 0.4) is 0 Å². The summed E-state index contributed by atoms with van der Waals surface area (Å²) in [6, 6.07) is 11.1. The molecule has 4 rings (SSSR count). The third kappa shape index (κ3) is 2.72. The highest BCUT2D eigenvalue weighted by molar-refractivity contribution is 5.99. The minimum atomic E-state index is -0.241. The first-order chi connectivity index (χ1) is 11.7. The van der Waals surface area contributed by atoms with Gasteiger partial charge in [-0.15, -0.1) is 0 Å². The molecule has 1 aliphatic rings. The zero-order valence-corrected chi connectivity index (χ0v) is 13.1. The van der Waals surface area contributed by atoms with Crippen LogP contribution in [0.2, 0.25) is 0 Å². The lowest BCUT2D eigenvalue weighted by molar-refractivity contribution is 0.295. The van der Waals surface area contributed by atoms with Crippen molar-refractivity contribution in [2.24, 2.45) is 4.99 Å². The Morgan fingerprint density at radius 1 is 1.21 bits per heavy atom. The van der Waals surface area contributed by atoms with Gasteiger partial charge >= 0.3 is 0 Å². The molecule has 0 radical (unpaired) electrons. The number of halogens is 1. The van der Waals surface area contributed by atoms with E-state index in [1.807, 2.05) is 6.20 Å². The number of nitrogens with zero attached hydrogens (tertiary/aromatic N) is 1. The molecule has 0 bridgehead atoms. The number of aliphatic hydroxyl groups is 1. The average molecular weight is 323 g/mol. The Morgan fingerprint density at radius 2 is 2.12 bits per heavy atom. The number of aliphatic imine (C=N–C) groups is 1. The van der Waals surface area contributed by atoms with Gasteiger partial charge < -0.3 is 15.4 Å². The zero-order chi connectivity index (χ0) is 16.5. The number of H-pyrrole nitrogens is 1. The van der Waals surface area contributed by atoms with Gasteiger partial charge in [-0.2, -0.15) is 0 Å². The number of aliphatic hydroxyl groups excluding tert-OH is 1. The molecule has 2 heterocycles. The third-order valence-electron chi connectivity index (χ3n) is 4.33. The Balaban J connectivity index is 1.65. The predicted octanol–water partition coefficient (Wildman–Crippen LogP) is 3.18. The molecule has 3 aromatic rings. The molecular weight excluding hydrogens is 305 g/mol. The predicted molar refractivity (Wildman–Crippen MR) is 94.4 cm³/mol. The second-order valence-electron chi connectivity index (χ2n) is 5.99. The molecule has 2 aromatic carbocycles. The van der Waals surface area contributed by atoms with Crippen molar-refractivity contribution in [1.82, 2.24) is 10.3 Å². The van der Waals surface area contributed by atoms with Crippen LogP contribution in [0.5, 0.6) is 0 Å². The van der Waals surface area contributed by atoms with Gasteiger partial charge in [0, 0.05) is 47.9 Å². The van der Waals surface area contributed by atoms with Gasteiger partial charge in [-0.1, -0.05) is 12.1 Å². The molecule has 1 aromatic heterocycles. The van der Waals surface area contributed by atoms with Gasteiger partial charge in [-0.25, -0.2) is 4.39 Å². The average Bonchev–Trinajstić information content (AvgIpc) is 3.17. The minimum absolute atomic E-state index is 0.130. The van der Waals surface area contributed by atoms with Crippen molar-refractivity contribution in [2.75, 3.05) is 19.7 Å². The van der Waals surface area contributed by atoms with Crippen molar-refractivity contribution in [3.8, 4) is 11.1 Å². The number of nitrogens with one attached hydrogen (secondary N) is 2. The molecule has 3 N–H and O–H groups in total. The fourth-order valence-electron chi connectivity index (χ4n) is 3.17. The van der Waals surface area contributed by atoms with Crippen LogP contribution in [0.1, 0.15) is 5.56 Å². The Labute approximate surface area is 139 Å². The molecule has 122 valence electrons. The van der Waals surface area contributed by atoms with Crippen LogP contribution in [0, 0.1) is 5.82 Å². The highest BCUT2D eigenvalue weighted by Gasteiger charge is 2.16. The SMILES string of the molecule is OCCNCC1=Nc2cc(-c3c[nH]c4cc(F)ccc34)ccc2C1. The standard InChI is InChI=1S/C19H18FN3O/c20-14-3-4-16-17(11-22-19(16)9-14)12-1-2-13-7-15(10-21-5-6-24)23-18(13)8-12/h1-4,8-9,11,21-22,24H,5-7,10H2. The van der Waals surface area contributed by atoms with E-state index in [9.17, 15) is 4.39 Å². The largest absolute Gasteiger partial charge is 0.395 e. The Bertz CT molecular complexity index is 930. The molecule has 0 amide bonds. The van der Waals surface area contributed by atoms with Crippen molar-refractivity contribution in [3.63, 3.8) is 0 Å². The summed E-state index contributed by atoms with van der Waals surface area (Å²) in [6.45, 7) is 1.40. The Kier molecular flexibility index (Phi) is 3.88. The van der Waals surface area contributed by atoms with E-state index in [-0.39, 0.29) is 12.4 Å². The van der Waals surface area contributed by atoms with Crippen LogP contribution in [0.15, 0.2) is 47.6 Å². The van der Waals surface area contributed by atoms with Gasteiger partial charge in [0.2, 0.25) is 0 Å². The van der Waals surface area contributed by atoms with Crippen molar-refractivity contribution < 1.29 is 9.50 Å². The van der Waals surface area contributed by atoms with Crippen LogP contribution in [-0.4, -0.2) is 35.5 Å². The fraction of sp³-hybridized carbons (Fsp3) is 0.211. The Morgan fingerprint density at radius 3 is 3.00 bits per heavy atom. The van der Waals surface area contributed by atoms with Crippen molar-refractivity contribution in [1.29, 1.82) is 0 Å². The van der Waals surface area contributed by atoms with E-state index in [2.05, 4.69) is 28.5 Å². The molecule has 0 unspecified atom stereocenters. The highest BCUT2D eigenvalue weighted by Crippen LogP contribution is 2.35. The summed E-state index contributed by atoms with van der Waals surface area (Å²) in [5.41, 5.74) is 6.20. The monoisotopic (exact) mass is 323 g/mol. The van der Waals surface area contributed by atoms with Crippen LogP contribution in [-0.2, 0) is 6.42 Å². The smallest absolute Gasteiger partial charge is 0.125 e. The lowest BCUT2D eigenvalue weighted by Crippen LogP contribution is -2.25. The van der Waals surface area contributed by atoms with Crippen LogP contribution in [0.25, 0.3) is 22.0 Å². The lowest BCUT2D eigenvalue weighted by atomic mass is 10.0. The number of benzene rings is 2. The minimum Gasteiger partial charge on any atom is -0.395 e. The van der Waals surface area contributed by atoms with E-state index < -0.39 is 0 Å². The van der Waals surface area contributed by atoms with Crippen molar-refractivity contribution in [3.05, 3.63) is 54.0 Å². The number of fused-ring (bicyclic) bond motifs is 2. The molecule has 0 spiro atoms. The van der Waals surface area contributed by atoms with E-state index in [0.717, 1.165) is 39.8 Å². The van der Waals surface area contributed by atoms with Gasteiger partial charge in [0.25, 0.3) is 0 Å². The number of aromatic nitrogens is 1. The molecule has 0 saturated carbocycles. The topological polar surface area (TPSA) is 60.4 Å². The third-order valence-corrected chi connectivity index (χ3v) is 4.33. The normalized spacial score (nSPS) is 13.3. The molecular formula is C19H18FN3O. The summed E-state index contributed by atoms with van der Waals surface area (Å²) in [4.78, 5) is 7.82. The van der Waals surface area contributed by atoms with Crippen molar-refractivity contribution >= 4 is 22.3 Å². The summed E-state index contributed by atoms with van der Waals surface area (Å²) in [5.74, 6) is -0.241. The zero-order valence-electron chi connectivity index (χ0n) is 13.1. The second kappa shape index (κ2) is 6.19. The summed E-state index contributed by atoms with van der Waals surface area (Å²) in [7, 11) is 0. The summed E-state index contributed by atoms with van der Waals surface area (Å²) in [6.07, 6.45) is 2.75. The lowest BCUT2D eigenvalue weighted by Gasteiger charge is -2.03. The number of aromatic amines is 1. The molecule has 0 atom stereocenters. The number of rotatable bonds is 5. The summed E-state index contributed by atoms with van der Waals surface area (Å²) >= 11 is 0. The van der Waals surface area contributed by atoms with Crippen LogP contribution < -0.4 is 5.32 Å². The van der Waals surface area contributed by atoms with Gasteiger partial charge in [0.15, 0.2) is 0 Å². The quantitative estimate of drug-likeness (QED) is 0.632. The first kappa shape index (κ1) is 15.1. The first-order valence-electron chi connectivity index (χ1n) is 8.02. The van der Waals surface area contributed by atoms with Crippen molar-refractivity contribution in [2.45, 2.75) is 6.42 Å². The second-order valence-corrected chi connectivity index (χ2v) is 5.99. The maximum atomic E-state index is 13.3. The molecule has 0 fully saturated rings. The van der Waals surface area contributed by atoms with E-state index in [1.54, 1.807) is 6.07 Å². The van der Waals surface area contributed by atoms with Gasteiger partial charge in [0.1, 0.15) is 5.82 Å². The van der Waals surface area contributed by atoms with E-state index in [4.69, 9.17) is 10.1 Å². The maximum absolute atomic E-state index is 13.3. The Hall–Kier alpha value is -2.50. The van der Waals surface area contributed by atoms with E-state index >= 15 is 0 Å². The molecule has 1 aliphatic heterocycles. The van der Waals surface area contributed by atoms with Crippen LogP contribution in [0.4, 0.5) is 10.1 Å². The maximum Gasteiger partial charge on any atom is 0.125 e.